The van der Waals surface area contributed by atoms with Crippen LogP contribution in [0.5, 0.6) is 5.75 Å². The van der Waals surface area contributed by atoms with Gasteiger partial charge in [-0.05, 0) is 43.7 Å². The number of nitrogens with zero attached hydrogens (tertiary/aromatic N) is 2. The van der Waals surface area contributed by atoms with Gasteiger partial charge in [0.2, 0.25) is 5.91 Å². The van der Waals surface area contributed by atoms with Gasteiger partial charge < -0.3 is 24.4 Å². The van der Waals surface area contributed by atoms with Crippen molar-refractivity contribution in [1.82, 2.24) is 4.90 Å². The molecule has 4 rings (SSSR count). The maximum atomic E-state index is 13.4. The smallest absolute Gasteiger partial charge is 0.330 e. The average molecular weight is 517 g/mol. The van der Waals surface area contributed by atoms with E-state index in [4.69, 9.17) is 9.47 Å². The van der Waals surface area contributed by atoms with Crippen LogP contribution in [-0.4, -0.2) is 72.6 Å². The second kappa shape index (κ2) is 9.21. The van der Waals surface area contributed by atoms with Gasteiger partial charge in [-0.2, -0.15) is 0 Å². The molecule has 10 nitrogen and oxygen atoms in total. The molecule has 11 heteroatoms. The molecule has 0 unspecified atom stereocenters. The third-order valence-corrected chi connectivity index (χ3v) is 9.79. The number of carbonyl (C=O) groups is 3. The van der Waals surface area contributed by atoms with Crippen LogP contribution < -0.4 is 9.64 Å². The summed E-state index contributed by atoms with van der Waals surface area (Å²) in [6.45, 7) is 2.60. The number of β-lactam (4-membered cyclic amide) rings is 1. The number of methoxy groups -OCH3 is 1. The van der Waals surface area contributed by atoms with E-state index in [1.807, 2.05) is 0 Å². The third-order valence-electron chi connectivity index (χ3n) is 6.94. The van der Waals surface area contributed by atoms with Gasteiger partial charge in [0.1, 0.15) is 35.8 Å². The fourth-order valence-corrected chi connectivity index (χ4v) is 7.03. The van der Waals surface area contributed by atoms with Crippen LogP contribution in [0.1, 0.15) is 19.4 Å². The minimum atomic E-state index is -4.15. The maximum Gasteiger partial charge on any atom is 0.330 e. The second-order valence-electron chi connectivity index (χ2n) is 9.35. The highest BCUT2D eigenvalue weighted by Crippen LogP contribution is 2.50. The number of likely N-dealkylation sites (N-methyl/N-ethyl adjacent to an activating group) is 1. The Kier molecular flexibility index (Phi) is 6.56. The van der Waals surface area contributed by atoms with Crippen LogP contribution in [-0.2, 0) is 35.6 Å². The normalized spacial score (nSPS) is 24.3. The lowest BCUT2D eigenvalue weighted by Crippen LogP contribution is -2.68. The number of aliphatic hydroxyl groups is 1. The van der Waals surface area contributed by atoms with Crippen LogP contribution in [0.4, 0.5) is 5.69 Å². The number of hydrogen-bond acceptors (Lipinski definition) is 8. The highest BCUT2D eigenvalue weighted by atomic mass is 32.2. The van der Waals surface area contributed by atoms with Gasteiger partial charge in [0.25, 0.3) is 5.91 Å². The molecule has 4 atom stereocenters. The summed E-state index contributed by atoms with van der Waals surface area (Å²) < 4.78 is 35.6. The predicted molar refractivity (Wildman–Crippen MR) is 130 cm³/mol. The van der Waals surface area contributed by atoms with Gasteiger partial charge in [-0.25, -0.2) is 13.2 Å². The Morgan fingerprint density at radius 3 is 2.31 bits per heavy atom. The molecule has 2 heterocycles. The number of amides is 2. The van der Waals surface area contributed by atoms with Crippen molar-refractivity contribution in [3.63, 3.8) is 0 Å². The number of esters is 1. The van der Waals surface area contributed by atoms with Crippen LogP contribution in [0.15, 0.2) is 54.6 Å². The lowest BCUT2D eigenvalue weighted by atomic mass is 9.87. The van der Waals surface area contributed by atoms with Crippen molar-refractivity contribution in [3.05, 3.63) is 60.2 Å². The number of aliphatic hydroxyl groups excluding tert-OH is 1. The van der Waals surface area contributed by atoms with Crippen molar-refractivity contribution < 1.29 is 37.4 Å². The Labute approximate surface area is 209 Å². The van der Waals surface area contributed by atoms with E-state index in [0.717, 1.165) is 9.80 Å². The standard InChI is InChI=1S/C25H28N2O8S/c1-25(2)20(24(31)35-14-15-8-6-5-7-9-15)27-21(29)18(23(27)36(25,32)33)19(28)22(30)26(3)16-10-12-17(34-4)13-11-16/h5-13,18-20,23,28H,14H2,1-4H3/t18-,19+,20+,23-/m1/s1. The largest absolute Gasteiger partial charge is 0.497 e. The van der Waals surface area contributed by atoms with Gasteiger partial charge in [-0.15, -0.1) is 0 Å². The van der Waals surface area contributed by atoms with Crippen LogP contribution in [0, 0.1) is 5.92 Å². The molecule has 192 valence electrons. The van der Waals surface area contributed by atoms with E-state index in [2.05, 4.69) is 0 Å². The number of sulfone groups is 1. The van der Waals surface area contributed by atoms with E-state index in [1.165, 1.54) is 28.0 Å². The summed E-state index contributed by atoms with van der Waals surface area (Å²) in [6, 6.07) is 13.9. The highest BCUT2D eigenvalue weighted by Gasteiger charge is 2.74. The van der Waals surface area contributed by atoms with Crippen molar-refractivity contribution in [2.75, 3.05) is 19.1 Å². The quantitative estimate of drug-likeness (QED) is 0.428. The molecule has 2 aromatic carbocycles. The molecule has 0 bridgehead atoms. The van der Waals surface area contributed by atoms with Gasteiger partial charge in [0.15, 0.2) is 9.84 Å². The molecule has 2 fully saturated rings. The highest BCUT2D eigenvalue weighted by molar-refractivity contribution is 7.93. The molecule has 2 aliphatic rings. The summed E-state index contributed by atoms with van der Waals surface area (Å²) >= 11 is 0. The molecule has 2 saturated heterocycles. The number of ether oxygens (including phenoxy) is 2. The summed E-state index contributed by atoms with van der Waals surface area (Å²) in [4.78, 5) is 41.2. The molecule has 0 aromatic heterocycles. The van der Waals surface area contributed by atoms with Gasteiger partial charge in [0.05, 0.1) is 11.9 Å². The van der Waals surface area contributed by atoms with Crippen LogP contribution in [0.3, 0.4) is 0 Å². The number of anilines is 1. The Morgan fingerprint density at radius 1 is 1.11 bits per heavy atom. The Morgan fingerprint density at radius 2 is 1.72 bits per heavy atom. The summed E-state index contributed by atoms with van der Waals surface area (Å²) in [5.74, 6) is -3.47. The monoisotopic (exact) mass is 516 g/mol. The summed E-state index contributed by atoms with van der Waals surface area (Å²) in [6.07, 6.45) is -1.92. The topological polar surface area (TPSA) is 131 Å². The van der Waals surface area contributed by atoms with E-state index < -0.39 is 55.8 Å². The number of fused-ring (bicyclic) bond motifs is 1. The average Bonchev–Trinajstić information content (AvgIpc) is 3.01. The number of hydrogen-bond donors (Lipinski definition) is 1. The molecule has 0 aliphatic carbocycles. The number of benzene rings is 2. The van der Waals surface area contributed by atoms with E-state index in [-0.39, 0.29) is 6.61 Å². The second-order valence-corrected chi connectivity index (χ2v) is 12.0. The summed E-state index contributed by atoms with van der Waals surface area (Å²) in [7, 11) is -1.24. The van der Waals surface area contributed by atoms with Gasteiger partial charge in [-0.1, -0.05) is 30.3 Å². The van der Waals surface area contributed by atoms with E-state index in [9.17, 15) is 27.9 Å². The minimum Gasteiger partial charge on any atom is -0.497 e. The minimum absolute atomic E-state index is 0.0871. The first-order valence-electron chi connectivity index (χ1n) is 11.3. The zero-order chi connectivity index (χ0) is 26.4. The number of carbonyl (C=O) groups excluding carboxylic acids is 3. The molecule has 0 saturated carbocycles. The maximum absolute atomic E-state index is 13.4. The lowest BCUT2D eigenvalue weighted by molar-refractivity contribution is -0.173. The molecule has 2 aliphatic heterocycles. The predicted octanol–water partition coefficient (Wildman–Crippen LogP) is 1.12. The molecular weight excluding hydrogens is 488 g/mol. The zero-order valence-electron chi connectivity index (χ0n) is 20.3. The van der Waals surface area contributed by atoms with Gasteiger partial charge >= 0.3 is 5.97 Å². The zero-order valence-corrected chi connectivity index (χ0v) is 21.1. The van der Waals surface area contributed by atoms with Crippen molar-refractivity contribution in [1.29, 1.82) is 0 Å². The molecule has 2 aromatic rings. The molecule has 1 N–H and O–H groups in total. The van der Waals surface area contributed by atoms with Crippen LogP contribution >= 0.6 is 0 Å². The van der Waals surface area contributed by atoms with Crippen molar-refractivity contribution in [2.45, 2.75) is 42.7 Å². The van der Waals surface area contributed by atoms with Crippen molar-refractivity contribution >= 4 is 33.3 Å². The fourth-order valence-electron chi connectivity index (χ4n) is 4.71. The van der Waals surface area contributed by atoms with Gasteiger partial charge in [-0.3, -0.25) is 9.59 Å². The SMILES string of the molecule is COc1ccc(N(C)C(=O)[C@@H](O)[C@@H]2C(=O)N3[C@@H](C(=O)OCc4ccccc4)C(C)(C)S(=O)(=O)[C@H]23)cc1. The number of rotatable bonds is 7. The summed E-state index contributed by atoms with van der Waals surface area (Å²) in [5, 5.41) is 9.31. The first-order chi connectivity index (χ1) is 16.9. The Hall–Kier alpha value is -3.44. The Balaban J connectivity index is 1.54. The van der Waals surface area contributed by atoms with E-state index >= 15 is 0 Å². The fraction of sp³-hybridized carbons (Fsp3) is 0.400. The molecule has 36 heavy (non-hydrogen) atoms. The first-order valence-corrected chi connectivity index (χ1v) is 12.8. The summed E-state index contributed by atoms with van der Waals surface area (Å²) in [5.41, 5.74) is 1.12. The van der Waals surface area contributed by atoms with Crippen LogP contribution in [0.25, 0.3) is 0 Å². The molecular formula is C25H28N2O8S. The molecule has 0 spiro atoms. The third kappa shape index (κ3) is 3.92. The first kappa shape index (κ1) is 25.6. The van der Waals surface area contributed by atoms with Crippen molar-refractivity contribution in [2.24, 2.45) is 5.92 Å². The van der Waals surface area contributed by atoms with E-state index in [1.54, 1.807) is 54.6 Å². The van der Waals surface area contributed by atoms with Crippen LogP contribution in [0.2, 0.25) is 0 Å². The molecule has 0 radical (unpaired) electrons. The lowest BCUT2D eigenvalue weighted by Gasteiger charge is -2.44. The van der Waals surface area contributed by atoms with Gasteiger partial charge in [0, 0.05) is 12.7 Å². The Bertz CT molecular complexity index is 1280. The van der Waals surface area contributed by atoms with E-state index in [0.29, 0.717) is 17.0 Å². The van der Waals surface area contributed by atoms with Crippen molar-refractivity contribution in [3.8, 4) is 5.75 Å². The molecule has 2 amide bonds.